The van der Waals surface area contributed by atoms with Gasteiger partial charge in [-0.1, -0.05) is 23.7 Å². The Morgan fingerprint density at radius 3 is 2.58 bits per heavy atom. The lowest BCUT2D eigenvalue weighted by molar-refractivity contribution is 0.0303. The lowest BCUT2D eigenvalue weighted by Crippen LogP contribution is -2.40. The highest BCUT2D eigenvalue weighted by Crippen LogP contribution is 2.30. The number of carbonyl (C=O) groups is 1. The minimum atomic E-state index is 0.0270. The lowest BCUT2D eigenvalue weighted by atomic mass is 10.1. The van der Waals surface area contributed by atoms with Crippen LogP contribution in [0.3, 0.4) is 0 Å². The van der Waals surface area contributed by atoms with Gasteiger partial charge in [0.1, 0.15) is 11.3 Å². The quantitative estimate of drug-likeness (QED) is 0.713. The van der Waals surface area contributed by atoms with Crippen LogP contribution in [-0.4, -0.2) is 42.1 Å². The molecule has 1 amide bonds. The Morgan fingerprint density at radius 2 is 1.88 bits per heavy atom. The van der Waals surface area contributed by atoms with Crippen LogP contribution in [0.2, 0.25) is 5.02 Å². The number of fused-ring (bicyclic) bond motifs is 1. The highest BCUT2D eigenvalue weighted by atomic mass is 35.5. The van der Waals surface area contributed by atoms with Gasteiger partial charge in [-0.2, -0.15) is 0 Å². The molecular weight excluding hydrogens is 328 g/mol. The van der Waals surface area contributed by atoms with Crippen molar-refractivity contribution in [3.63, 3.8) is 0 Å². The van der Waals surface area contributed by atoms with E-state index in [1.165, 1.54) is 0 Å². The van der Waals surface area contributed by atoms with E-state index < -0.39 is 0 Å². The maximum Gasteiger partial charge on any atom is 0.254 e. The summed E-state index contributed by atoms with van der Waals surface area (Å²) in [5.41, 5.74) is 2.82. The molecule has 0 bridgehead atoms. The molecule has 0 atom stereocenters. The molecule has 24 heavy (non-hydrogen) atoms. The first-order valence-electron chi connectivity index (χ1n) is 7.74. The molecular formula is C18H15ClN2O3. The van der Waals surface area contributed by atoms with Gasteiger partial charge in [0, 0.05) is 36.5 Å². The molecule has 122 valence electrons. The Labute approximate surface area is 143 Å². The fourth-order valence-electron chi connectivity index (χ4n) is 2.78. The number of amides is 1. The Bertz CT molecular complexity index is 883. The summed E-state index contributed by atoms with van der Waals surface area (Å²) in [6, 6.07) is 10.9. The third kappa shape index (κ3) is 2.77. The topological polar surface area (TPSA) is 55.6 Å². The van der Waals surface area contributed by atoms with Crippen molar-refractivity contribution >= 4 is 28.6 Å². The zero-order chi connectivity index (χ0) is 16.5. The molecule has 3 heterocycles. The van der Waals surface area contributed by atoms with Crippen LogP contribution in [0.5, 0.6) is 0 Å². The molecule has 0 unspecified atom stereocenters. The molecule has 1 fully saturated rings. The smallest absolute Gasteiger partial charge is 0.254 e. The van der Waals surface area contributed by atoms with Crippen LogP contribution in [0.4, 0.5) is 0 Å². The second-order valence-corrected chi connectivity index (χ2v) is 6.01. The predicted molar refractivity (Wildman–Crippen MR) is 91.2 cm³/mol. The van der Waals surface area contributed by atoms with Gasteiger partial charge in [0.25, 0.3) is 5.91 Å². The summed E-state index contributed by atoms with van der Waals surface area (Å²) in [4.78, 5) is 18.5. The highest BCUT2D eigenvalue weighted by molar-refractivity contribution is 6.34. The fraction of sp³-hybridized carbons (Fsp3) is 0.222. The summed E-state index contributed by atoms with van der Waals surface area (Å²) in [6.45, 7) is 2.45. The van der Waals surface area contributed by atoms with Gasteiger partial charge in [-0.05, 0) is 18.2 Å². The molecule has 1 aromatic carbocycles. The average Bonchev–Trinajstić information content (AvgIpc) is 3.08. The predicted octanol–water partition coefficient (Wildman–Crippen LogP) is 3.62. The van der Waals surface area contributed by atoms with Crippen molar-refractivity contribution in [2.45, 2.75) is 0 Å². The van der Waals surface area contributed by atoms with E-state index in [1.807, 2.05) is 35.2 Å². The van der Waals surface area contributed by atoms with E-state index in [-0.39, 0.29) is 5.91 Å². The van der Waals surface area contributed by atoms with Crippen LogP contribution in [0.1, 0.15) is 10.4 Å². The minimum Gasteiger partial charge on any atom is -0.453 e. The number of furan rings is 1. The Morgan fingerprint density at radius 1 is 1.12 bits per heavy atom. The Hall–Kier alpha value is -2.37. The summed E-state index contributed by atoms with van der Waals surface area (Å²) in [7, 11) is 0. The molecule has 1 aliphatic heterocycles. The van der Waals surface area contributed by atoms with E-state index in [0.717, 1.165) is 5.56 Å². The number of hydrogen-bond acceptors (Lipinski definition) is 4. The van der Waals surface area contributed by atoms with Crippen molar-refractivity contribution in [1.29, 1.82) is 0 Å². The maximum absolute atomic E-state index is 12.5. The molecule has 1 saturated heterocycles. The Kier molecular flexibility index (Phi) is 3.96. The molecule has 5 nitrogen and oxygen atoms in total. The van der Waals surface area contributed by atoms with Crippen molar-refractivity contribution < 1.29 is 13.9 Å². The maximum atomic E-state index is 12.5. The van der Waals surface area contributed by atoms with E-state index in [0.29, 0.717) is 53.7 Å². The van der Waals surface area contributed by atoms with Gasteiger partial charge in [0.2, 0.25) is 0 Å². The molecule has 2 aromatic heterocycles. The molecule has 6 heteroatoms. The number of rotatable bonds is 2. The van der Waals surface area contributed by atoms with Gasteiger partial charge >= 0.3 is 0 Å². The van der Waals surface area contributed by atoms with Crippen LogP contribution >= 0.6 is 11.6 Å². The van der Waals surface area contributed by atoms with Crippen molar-refractivity contribution in [3.8, 4) is 11.3 Å². The first-order chi connectivity index (χ1) is 11.7. The van der Waals surface area contributed by atoms with Crippen LogP contribution < -0.4 is 0 Å². The van der Waals surface area contributed by atoms with Gasteiger partial charge in [0.15, 0.2) is 5.58 Å². The van der Waals surface area contributed by atoms with E-state index in [9.17, 15) is 4.79 Å². The van der Waals surface area contributed by atoms with E-state index in [4.69, 9.17) is 20.8 Å². The second-order valence-electron chi connectivity index (χ2n) is 5.60. The summed E-state index contributed by atoms with van der Waals surface area (Å²) >= 11 is 6.12. The summed E-state index contributed by atoms with van der Waals surface area (Å²) < 4.78 is 11.1. The number of hydrogen-bond donors (Lipinski definition) is 0. The number of halogens is 1. The van der Waals surface area contributed by atoms with E-state index in [2.05, 4.69) is 4.98 Å². The van der Waals surface area contributed by atoms with Crippen molar-refractivity contribution in [3.05, 3.63) is 53.2 Å². The number of ether oxygens (including phenoxy) is 1. The number of morpholine rings is 1. The van der Waals surface area contributed by atoms with Crippen molar-refractivity contribution in [2.75, 3.05) is 26.3 Å². The number of carbonyl (C=O) groups excluding carboxylic acids is 1. The van der Waals surface area contributed by atoms with Gasteiger partial charge in [-0.3, -0.25) is 9.78 Å². The molecule has 0 N–H and O–H groups in total. The summed E-state index contributed by atoms with van der Waals surface area (Å²) in [5.74, 6) is 0.704. The van der Waals surface area contributed by atoms with Crippen LogP contribution in [-0.2, 0) is 4.74 Å². The van der Waals surface area contributed by atoms with Gasteiger partial charge in [-0.15, -0.1) is 0 Å². The SMILES string of the molecule is O=C(c1ccc(-c2cc3nccc(Cl)c3o2)cc1)N1CCOCC1. The van der Waals surface area contributed by atoms with E-state index in [1.54, 1.807) is 12.3 Å². The second kappa shape index (κ2) is 6.26. The lowest BCUT2D eigenvalue weighted by Gasteiger charge is -2.26. The average molecular weight is 343 g/mol. The largest absolute Gasteiger partial charge is 0.453 e. The van der Waals surface area contributed by atoms with Crippen LogP contribution in [0.25, 0.3) is 22.4 Å². The summed E-state index contributed by atoms with van der Waals surface area (Å²) in [5, 5.41) is 0.533. The van der Waals surface area contributed by atoms with Gasteiger partial charge in [0.05, 0.1) is 18.2 Å². The van der Waals surface area contributed by atoms with Crippen molar-refractivity contribution in [1.82, 2.24) is 9.88 Å². The third-order valence-electron chi connectivity index (χ3n) is 4.08. The monoisotopic (exact) mass is 342 g/mol. The fourth-order valence-corrected chi connectivity index (χ4v) is 2.97. The van der Waals surface area contributed by atoms with Crippen LogP contribution in [0, 0.1) is 0 Å². The third-order valence-corrected chi connectivity index (χ3v) is 4.38. The molecule has 0 radical (unpaired) electrons. The molecule has 0 saturated carbocycles. The number of pyridine rings is 1. The van der Waals surface area contributed by atoms with Gasteiger partial charge in [-0.25, -0.2) is 0 Å². The standard InChI is InChI=1S/C18H15ClN2O3/c19-14-5-6-20-15-11-16(24-17(14)15)12-1-3-13(4-2-12)18(22)21-7-9-23-10-8-21/h1-6,11H,7-10H2. The highest BCUT2D eigenvalue weighted by Gasteiger charge is 2.18. The number of aromatic nitrogens is 1. The number of benzene rings is 1. The first-order valence-corrected chi connectivity index (χ1v) is 8.12. The van der Waals surface area contributed by atoms with Crippen LogP contribution in [0.15, 0.2) is 47.0 Å². The molecule has 0 aliphatic carbocycles. The zero-order valence-corrected chi connectivity index (χ0v) is 13.6. The number of nitrogens with zero attached hydrogens (tertiary/aromatic N) is 2. The summed E-state index contributed by atoms with van der Waals surface area (Å²) in [6.07, 6.45) is 1.65. The van der Waals surface area contributed by atoms with Crippen molar-refractivity contribution in [2.24, 2.45) is 0 Å². The first kappa shape index (κ1) is 15.2. The Balaban J connectivity index is 1.60. The molecule has 3 aromatic rings. The van der Waals surface area contributed by atoms with Gasteiger partial charge < -0.3 is 14.1 Å². The normalized spacial score (nSPS) is 15.0. The molecule has 4 rings (SSSR count). The van der Waals surface area contributed by atoms with E-state index >= 15 is 0 Å². The molecule has 1 aliphatic rings. The zero-order valence-electron chi connectivity index (χ0n) is 12.9. The minimum absolute atomic E-state index is 0.0270. The molecule has 0 spiro atoms.